The standard InChI is InChI=1S/C12H15N3O2/c1-2-9-5-3-7-13-11(9)12-14-10(17-15-12)6-4-8-16/h3,5,7,16H,2,4,6,8H2,1H3. The molecule has 0 fully saturated rings. The molecule has 2 aromatic rings. The van der Waals surface area contributed by atoms with E-state index in [1.54, 1.807) is 6.20 Å². The summed E-state index contributed by atoms with van der Waals surface area (Å²) >= 11 is 0. The van der Waals surface area contributed by atoms with Crippen LogP contribution in [0.3, 0.4) is 0 Å². The fourth-order valence-electron chi connectivity index (χ4n) is 1.61. The van der Waals surface area contributed by atoms with Crippen molar-refractivity contribution in [2.75, 3.05) is 6.61 Å². The highest BCUT2D eigenvalue weighted by Gasteiger charge is 2.12. The third-order valence-corrected chi connectivity index (χ3v) is 2.50. The average molecular weight is 233 g/mol. The first-order valence-corrected chi connectivity index (χ1v) is 5.73. The van der Waals surface area contributed by atoms with E-state index < -0.39 is 0 Å². The number of aliphatic hydroxyl groups excluding tert-OH is 1. The van der Waals surface area contributed by atoms with Gasteiger partial charge in [0.05, 0.1) is 0 Å². The molecule has 2 rings (SSSR count). The topological polar surface area (TPSA) is 72.0 Å². The van der Waals surface area contributed by atoms with Crippen LogP contribution in [0.25, 0.3) is 11.5 Å². The minimum absolute atomic E-state index is 0.126. The fraction of sp³-hybridized carbons (Fsp3) is 0.417. The Morgan fingerprint density at radius 3 is 3.06 bits per heavy atom. The summed E-state index contributed by atoms with van der Waals surface area (Å²) in [5.74, 6) is 1.07. The second kappa shape index (κ2) is 5.54. The van der Waals surface area contributed by atoms with E-state index >= 15 is 0 Å². The number of aromatic nitrogens is 3. The van der Waals surface area contributed by atoms with Gasteiger partial charge in [-0.1, -0.05) is 18.1 Å². The molecule has 2 aromatic heterocycles. The number of pyridine rings is 1. The van der Waals surface area contributed by atoms with Gasteiger partial charge in [-0.15, -0.1) is 0 Å². The molecule has 17 heavy (non-hydrogen) atoms. The van der Waals surface area contributed by atoms with Crippen LogP contribution in [0.2, 0.25) is 0 Å². The van der Waals surface area contributed by atoms with E-state index in [1.807, 2.05) is 12.1 Å². The molecule has 0 aliphatic rings. The van der Waals surface area contributed by atoms with Crippen LogP contribution in [0.15, 0.2) is 22.9 Å². The molecule has 1 N–H and O–H groups in total. The van der Waals surface area contributed by atoms with Gasteiger partial charge >= 0.3 is 0 Å². The zero-order valence-electron chi connectivity index (χ0n) is 9.76. The van der Waals surface area contributed by atoms with Crippen LogP contribution < -0.4 is 0 Å². The molecule has 5 nitrogen and oxygen atoms in total. The van der Waals surface area contributed by atoms with Crippen molar-refractivity contribution in [2.45, 2.75) is 26.2 Å². The first kappa shape index (κ1) is 11.7. The fourth-order valence-corrected chi connectivity index (χ4v) is 1.61. The van der Waals surface area contributed by atoms with Gasteiger partial charge in [0.15, 0.2) is 0 Å². The Labute approximate surface area is 99.5 Å². The van der Waals surface area contributed by atoms with Crippen LogP contribution in [0.5, 0.6) is 0 Å². The second-order valence-corrected chi connectivity index (χ2v) is 3.70. The number of aliphatic hydroxyl groups is 1. The summed E-state index contributed by atoms with van der Waals surface area (Å²) in [6.45, 7) is 2.19. The Morgan fingerprint density at radius 2 is 2.29 bits per heavy atom. The lowest BCUT2D eigenvalue weighted by molar-refractivity contribution is 0.278. The van der Waals surface area contributed by atoms with Gasteiger partial charge in [-0.3, -0.25) is 4.98 Å². The van der Waals surface area contributed by atoms with Crippen LogP contribution in [0.4, 0.5) is 0 Å². The minimum atomic E-state index is 0.126. The Morgan fingerprint density at radius 1 is 1.41 bits per heavy atom. The maximum Gasteiger partial charge on any atom is 0.227 e. The van der Waals surface area contributed by atoms with Crippen molar-refractivity contribution in [3.05, 3.63) is 29.8 Å². The van der Waals surface area contributed by atoms with Crippen molar-refractivity contribution in [1.29, 1.82) is 0 Å². The molecule has 0 spiro atoms. The van der Waals surface area contributed by atoms with Crippen molar-refractivity contribution in [1.82, 2.24) is 15.1 Å². The largest absolute Gasteiger partial charge is 0.396 e. The molecule has 0 unspecified atom stereocenters. The summed E-state index contributed by atoms with van der Waals surface area (Å²) in [5, 5.41) is 12.6. The summed E-state index contributed by atoms with van der Waals surface area (Å²) in [7, 11) is 0. The molecular weight excluding hydrogens is 218 g/mol. The van der Waals surface area contributed by atoms with Crippen LogP contribution in [-0.4, -0.2) is 26.8 Å². The number of aryl methyl sites for hydroxylation is 2. The van der Waals surface area contributed by atoms with Gasteiger partial charge in [0.1, 0.15) is 5.69 Å². The Kier molecular flexibility index (Phi) is 3.82. The van der Waals surface area contributed by atoms with Gasteiger partial charge in [0.25, 0.3) is 0 Å². The molecule has 90 valence electrons. The molecule has 0 saturated heterocycles. The van der Waals surface area contributed by atoms with Crippen LogP contribution in [0.1, 0.15) is 24.8 Å². The zero-order chi connectivity index (χ0) is 12.1. The van der Waals surface area contributed by atoms with Gasteiger partial charge in [-0.05, 0) is 24.5 Å². The quantitative estimate of drug-likeness (QED) is 0.849. The lowest BCUT2D eigenvalue weighted by Crippen LogP contribution is -1.93. The SMILES string of the molecule is CCc1cccnc1-c1noc(CCCO)n1. The highest BCUT2D eigenvalue weighted by Crippen LogP contribution is 2.18. The molecular formula is C12H15N3O2. The van der Waals surface area contributed by atoms with Crippen LogP contribution in [0, 0.1) is 0 Å². The maximum absolute atomic E-state index is 8.73. The number of hydrogen-bond acceptors (Lipinski definition) is 5. The van der Waals surface area contributed by atoms with E-state index in [1.165, 1.54) is 0 Å². The molecule has 0 aliphatic carbocycles. The highest BCUT2D eigenvalue weighted by molar-refractivity contribution is 5.53. The molecule has 5 heteroatoms. The summed E-state index contributed by atoms with van der Waals surface area (Å²) in [6, 6.07) is 3.90. The van der Waals surface area contributed by atoms with Crippen molar-refractivity contribution in [2.24, 2.45) is 0 Å². The summed E-state index contributed by atoms with van der Waals surface area (Å²) < 4.78 is 5.11. The molecule has 0 aromatic carbocycles. The highest BCUT2D eigenvalue weighted by atomic mass is 16.5. The third-order valence-electron chi connectivity index (χ3n) is 2.50. The first-order valence-electron chi connectivity index (χ1n) is 5.73. The van der Waals surface area contributed by atoms with Gasteiger partial charge in [-0.2, -0.15) is 4.98 Å². The molecule has 0 atom stereocenters. The molecule has 0 saturated carbocycles. The van der Waals surface area contributed by atoms with Gasteiger partial charge in [0.2, 0.25) is 11.7 Å². The molecule has 0 radical (unpaired) electrons. The van der Waals surface area contributed by atoms with Gasteiger partial charge < -0.3 is 9.63 Å². The average Bonchev–Trinajstić information content (AvgIpc) is 2.85. The summed E-state index contributed by atoms with van der Waals surface area (Å²) in [6.07, 6.45) is 3.82. The maximum atomic E-state index is 8.73. The Balaban J connectivity index is 2.24. The lowest BCUT2D eigenvalue weighted by Gasteiger charge is -2.00. The second-order valence-electron chi connectivity index (χ2n) is 3.70. The minimum Gasteiger partial charge on any atom is -0.396 e. The summed E-state index contributed by atoms with van der Waals surface area (Å²) in [4.78, 5) is 8.55. The summed E-state index contributed by atoms with van der Waals surface area (Å²) in [5.41, 5.74) is 1.87. The third kappa shape index (κ3) is 2.68. The van der Waals surface area contributed by atoms with E-state index in [2.05, 4.69) is 22.0 Å². The zero-order valence-corrected chi connectivity index (χ0v) is 9.76. The van der Waals surface area contributed by atoms with Crippen LogP contribution >= 0.6 is 0 Å². The van der Waals surface area contributed by atoms with Crippen molar-refractivity contribution in [3.8, 4) is 11.5 Å². The van der Waals surface area contributed by atoms with Crippen molar-refractivity contribution in [3.63, 3.8) is 0 Å². The smallest absolute Gasteiger partial charge is 0.227 e. The lowest BCUT2D eigenvalue weighted by atomic mass is 10.1. The van der Waals surface area contributed by atoms with Crippen molar-refractivity contribution >= 4 is 0 Å². The molecule has 2 heterocycles. The van der Waals surface area contributed by atoms with Gasteiger partial charge in [0, 0.05) is 19.2 Å². The predicted molar refractivity (Wildman–Crippen MR) is 62.3 cm³/mol. The molecule has 0 aliphatic heterocycles. The normalized spacial score (nSPS) is 10.7. The predicted octanol–water partition coefficient (Wildman–Crippen LogP) is 1.62. The van der Waals surface area contributed by atoms with Crippen LogP contribution in [-0.2, 0) is 12.8 Å². The first-order chi connectivity index (χ1) is 8.35. The van der Waals surface area contributed by atoms with E-state index in [0.29, 0.717) is 24.6 Å². The Hall–Kier alpha value is -1.75. The number of nitrogens with zero attached hydrogens (tertiary/aromatic N) is 3. The monoisotopic (exact) mass is 233 g/mol. The molecule has 0 amide bonds. The Bertz CT molecular complexity index is 482. The van der Waals surface area contributed by atoms with E-state index in [-0.39, 0.29) is 6.61 Å². The van der Waals surface area contributed by atoms with E-state index in [9.17, 15) is 0 Å². The van der Waals surface area contributed by atoms with E-state index in [4.69, 9.17) is 9.63 Å². The van der Waals surface area contributed by atoms with E-state index in [0.717, 1.165) is 17.7 Å². The van der Waals surface area contributed by atoms with Gasteiger partial charge in [-0.25, -0.2) is 0 Å². The van der Waals surface area contributed by atoms with Crippen molar-refractivity contribution < 1.29 is 9.63 Å². The molecule has 0 bridgehead atoms. The number of hydrogen-bond donors (Lipinski definition) is 1. The number of rotatable bonds is 5.